The summed E-state index contributed by atoms with van der Waals surface area (Å²) in [6.45, 7) is -1.30. The van der Waals surface area contributed by atoms with Crippen LogP contribution in [0.1, 0.15) is 6.92 Å². The van der Waals surface area contributed by atoms with Crippen LogP contribution in [0, 0.1) is 0 Å². The number of phenols is 3. The Balaban J connectivity index is 1.27. The summed E-state index contributed by atoms with van der Waals surface area (Å²) in [5.74, 6) is -2.74. The highest BCUT2D eigenvalue weighted by molar-refractivity contribution is 5.86. The molecule has 4 heterocycles. The molecule has 6 rings (SSSR count). The van der Waals surface area contributed by atoms with E-state index in [0.29, 0.717) is 0 Å². The summed E-state index contributed by atoms with van der Waals surface area (Å²) in [4.78, 5) is 24.3. The van der Waals surface area contributed by atoms with Gasteiger partial charge in [-0.3, -0.25) is 9.59 Å². The molecule has 0 aliphatic carbocycles. The molecule has 0 amide bonds. The van der Waals surface area contributed by atoms with Crippen molar-refractivity contribution in [3.05, 3.63) is 46.6 Å². The number of ether oxygens (including phenoxy) is 7. The standard InChI is InChI=1S/C35H42O22/c1-11(38)50-10-22-25(44)27(46)29(48)33(55-22)56-31-26(45)21(9-37)53-34(30(31)49)57-32-28(47)24(43)20(8-36)54-35(32)51-13-5-16(41)23-17(42)7-18(52-19(23)6-13)12-2-3-14(39)15(40)4-12/h2-7,20-22,24-37,39-41,43-49H,8-10H2,1H3/t20?,21?,22?,24-,25-,26-,27+,28+,29?,30?,31+,32?,33+,34+,35-/m1/s1. The highest BCUT2D eigenvalue weighted by Crippen LogP contribution is 2.37. The van der Waals surface area contributed by atoms with Crippen LogP contribution in [0.25, 0.3) is 22.3 Å². The number of hydrogen-bond donors (Lipinski definition) is 12. The highest BCUT2D eigenvalue weighted by Gasteiger charge is 2.54. The van der Waals surface area contributed by atoms with E-state index in [0.717, 1.165) is 37.3 Å². The second-order valence-corrected chi connectivity index (χ2v) is 13.5. The number of aromatic hydroxyl groups is 3. The van der Waals surface area contributed by atoms with Gasteiger partial charge in [0.1, 0.15) is 102 Å². The van der Waals surface area contributed by atoms with E-state index >= 15 is 0 Å². The van der Waals surface area contributed by atoms with Crippen molar-refractivity contribution < 1.29 is 104 Å². The van der Waals surface area contributed by atoms with Gasteiger partial charge in [0.05, 0.1) is 13.2 Å². The summed E-state index contributed by atoms with van der Waals surface area (Å²) in [6, 6.07) is 6.76. The minimum absolute atomic E-state index is 0.0917. The van der Waals surface area contributed by atoms with Crippen LogP contribution in [-0.4, -0.2) is 179 Å². The van der Waals surface area contributed by atoms with E-state index < -0.39 is 141 Å². The van der Waals surface area contributed by atoms with Crippen LogP contribution >= 0.6 is 0 Å². The second-order valence-electron chi connectivity index (χ2n) is 13.5. The molecule has 22 nitrogen and oxygen atoms in total. The maximum atomic E-state index is 13.0. The Bertz CT molecular complexity index is 1940. The average molecular weight is 815 g/mol. The second kappa shape index (κ2) is 17.3. The summed E-state index contributed by atoms with van der Waals surface area (Å²) >= 11 is 0. The van der Waals surface area contributed by atoms with Crippen molar-refractivity contribution in [1.82, 2.24) is 0 Å². The largest absolute Gasteiger partial charge is 0.507 e. The van der Waals surface area contributed by atoms with E-state index in [1.165, 1.54) is 6.07 Å². The molecule has 22 heteroatoms. The molecule has 314 valence electrons. The molecule has 12 N–H and O–H groups in total. The van der Waals surface area contributed by atoms with Gasteiger partial charge in [0.15, 0.2) is 35.6 Å². The molecule has 3 fully saturated rings. The molecular formula is C35H42O22. The number of esters is 1. The molecule has 3 aliphatic rings. The lowest BCUT2D eigenvalue weighted by atomic mass is 9.96. The van der Waals surface area contributed by atoms with Gasteiger partial charge in [-0.2, -0.15) is 0 Å². The smallest absolute Gasteiger partial charge is 0.302 e. The van der Waals surface area contributed by atoms with Crippen molar-refractivity contribution in [1.29, 1.82) is 0 Å². The van der Waals surface area contributed by atoms with E-state index in [9.17, 15) is 70.9 Å². The normalized spacial score (nSPS) is 35.9. The molecule has 0 saturated carbocycles. The summed E-state index contributed by atoms with van der Waals surface area (Å²) in [7, 11) is 0. The Hall–Kier alpha value is -4.24. The molecule has 0 spiro atoms. The maximum Gasteiger partial charge on any atom is 0.302 e. The predicted molar refractivity (Wildman–Crippen MR) is 182 cm³/mol. The Kier molecular flexibility index (Phi) is 12.9. The molecule has 0 radical (unpaired) electrons. The fourth-order valence-corrected chi connectivity index (χ4v) is 6.56. The first-order valence-electron chi connectivity index (χ1n) is 17.4. The van der Waals surface area contributed by atoms with Gasteiger partial charge in [0, 0.05) is 30.7 Å². The molecule has 15 atom stereocenters. The van der Waals surface area contributed by atoms with E-state index in [1.807, 2.05) is 0 Å². The van der Waals surface area contributed by atoms with E-state index in [-0.39, 0.29) is 28.0 Å². The minimum Gasteiger partial charge on any atom is -0.507 e. The summed E-state index contributed by atoms with van der Waals surface area (Å²) in [5.41, 5.74) is -0.797. The third kappa shape index (κ3) is 8.64. The lowest BCUT2D eigenvalue weighted by Gasteiger charge is -2.48. The average Bonchev–Trinajstić information content (AvgIpc) is 3.17. The lowest BCUT2D eigenvalue weighted by Crippen LogP contribution is -2.67. The van der Waals surface area contributed by atoms with E-state index in [4.69, 9.17) is 37.6 Å². The van der Waals surface area contributed by atoms with Crippen molar-refractivity contribution in [2.45, 2.75) is 99.0 Å². The molecular weight excluding hydrogens is 772 g/mol. The molecule has 2 aromatic carbocycles. The van der Waals surface area contributed by atoms with Gasteiger partial charge in [-0.1, -0.05) is 0 Å². The van der Waals surface area contributed by atoms with Gasteiger partial charge in [-0.25, -0.2) is 0 Å². The summed E-state index contributed by atoms with van der Waals surface area (Å²) < 4.78 is 44.7. The summed E-state index contributed by atoms with van der Waals surface area (Å²) in [6.07, 6.45) is -27.5. The van der Waals surface area contributed by atoms with Crippen LogP contribution in [0.2, 0.25) is 0 Å². The Labute approximate surface area is 320 Å². The van der Waals surface area contributed by atoms with Gasteiger partial charge in [-0.15, -0.1) is 0 Å². The fraction of sp³-hybridized carbons (Fsp3) is 0.543. The van der Waals surface area contributed by atoms with Gasteiger partial charge >= 0.3 is 5.97 Å². The molecule has 1 aromatic heterocycles. The molecule has 3 aliphatic heterocycles. The number of carbonyl (C=O) groups is 1. The van der Waals surface area contributed by atoms with Crippen molar-refractivity contribution in [2.75, 3.05) is 19.8 Å². The van der Waals surface area contributed by atoms with Crippen molar-refractivity contribution >= 4 is 16.9 Å². The fourth-order valence-electron chi connectivity index (χ4n) is 6.56. The molecule has 6 unspecified atom stereocenters. The van der Waals surface area contributed by atoms with Gasteiger partial charge in [-0.05, 0) is 18.2 Å². The number of phenolic OH excluding ortho intramolecular Hbond substituents is 3. The van der Waals surface area contributed by atoms with E-state index in [2.05, 4.69) is 0 Å². The Morgan fingerprint density at radius 2 is 1.26 bits per heavy atom. The third-order valence-electron chi connectivity index (χ3n) is 9.64. The number of hydrogen-bond acceptors (Lipinski definition) is 22. The molecule has 57 heavy (non-hydrogen) atoms. The third-order valence-corrected chi connectivity index (χ3v) is 9.64. The minimum atomic E-state index is -2.09. The predicted octanol–water partition coefficient (Wildman–Crippen LogP) is -4.03. The number of aliphatic hydroxyl groups is 9. The first-order chi connectivity index (χ1) is 27.0. The van der Waals surface area contributed by atoms with E-state index in [1.54, 1.807) is 0 Å². The van der Waals surface area contributed by atoms with Crippen LogP contribution in [0.5, 0.6) is 23.0 Å². The number of benzene rings is 2. The van der Waals surface area contributed by atoms with Crippen LogP contribution in [0.3, 0.4) is 0 Å². The van der Waals surface area contributed by atoms with Crippen LogP contribution in [-0.2, 0) is 33.2 Å². The van der Waals surface area contributed by atoms with Crippen LogP contribution in [0.15, 0.2) is 45.6 Å². The number of aliphatic hydroxyl groups excluding tert-OH is 9. The van der Waals surface area contributed by atoms with Gasteiger partial charge in [0.25, 0.3) is 0 Å². The van der Waals surface area contributed by atoms with Crippen molar-refractivity contribution in [3.8, 4) is 34.3 Å². The zero-order valence-electron chi connectivity index (χ0n) is 29.7. The summed E-state index contributed by atoms with van der Waals surface area (Å²) in [5, 5.41) is 126. The van der Waals surface area contributed by atoms with Crippen LogP contribution in [0.4, 0.5) is 0 Å². The quantitative estimate of drug-likeness (QED) is 0.0648. The molecule has 3 aromatic rings. The van der Waals surface area contributed by atoms with Gasteiger partial charge < -0.3 is 98.9 Å². The molecule has 3 saturated heterocycles. The van der Waals surface area contributed by atoms with Crippen LogP contribution < -0.4 is 10.2 Å². The SMILES string of the molecule is CC(=O)OCC1O[C@@H](O[C@@H]2C(O)[C@H](OC3[C@H](Oc4cc(O)c5c(=O)cc(-c6ccc(O)c(O)c6)oc5c4)OC(CO)[C@@H](O)[C@@H]3O)OC(CO)[C@H]2O)C(O)[C@@H](O)[C@@H]1O. The maximum absolute atomic E-state index is 13.0. The van der Waals surface area contributed by atoms with Gasteiger partial charge in [0.2, 0.25) is 6.29 Å². The monoisotopic (exact) mass is 814 g/mol. The number of carbonyl (C=O) groups excluding carboxylic acids is 1. The number of rotatable bonds is 11. The topological polar surface area (TPSA) is 355 Å². The zero-order valence-corrected chi connectivity index (χ0v) is 29.7. The Morgan fingerprint density at radius 1 is 0.649 bits per heavy atom. The van der Waals surface area contributed by atoms with Crippen molar-refractivity contribution in [2.24, 2.45) is 0 Å². The Morgan fingerprint density at radius 3 is 1.93 bits per heavy atom. The highest BCUT2D eigenvalue weighted by atomic mass is 16.8. The number of fused-ring (bicyclic) bond motifs is 1. The lowest BCUT2D eigenvalue weighted by molar-refractivity contribution is -0.380. The molecule has 0 bridgehead atoms. The first-order valence-corrected chi connectivity index (χ1v) is 17.4. The van der Waals surface area contributed by atoms with Crippen molar-refractivity contribution in [3.63, 3.8) is 0 Å². The zero-order chi connectivity index (χ0) is 41.5. The first kappa shape index (κ1) is 42.4.